The predicted octanol–water partition coefficient (Wildman–Crippen LogP) is 2.51. The standard InChI is InChI=1S/C17H14ClN3O2/c18-14-6-4-12(5-7-14)9-16(22)20-11-17(23)21-15-3-1-2-13(8-15)10-19/h1-8H,9,11H2,(H,20,22)(H,21,23). The molecule has 0 atom stereocenters. The first-order chi connectivity index (χ1) is 11.1. The van der Waals surface area contributed by atoms with Crippen molar-refractivity contribution < 1.29 is 9.59 Å². The van der Waals surface area contributed by atoms with Crippen molar-refractivity contribution in [2.75, 3.05) is 11.9 Å². The minimum Gasteiger partial charge on any atom is -0.347 e. The van der Waals surface area contributed by atoms with Crippen molar-refractivity contribution in [3.05, 3.63) is 64.7 Å². The van der Waals surface area contributed by atoms with Crippen LogP contribution in [0.15, 0.2) is 48.5 Å². The molecule has 0 radical (unpaired) electrons. The smallest absolute Gasteiger partial charge is 0.243 e. The zero-order chi connectivity index (χ0) is 16.7. The largest absolute Gasteiger partial charge is 0.347 e. The highest BCUT2D eigenvalue weighted by Crippen LogP contribution is 2.10. The molecule has 2 amide bonds. The maximum Gasteiger partial charge on any atom is 0.243 e. The lowest BCUT2D eigenvalue weighted by atomic mass is 10.1. The van der Waals surface area contributed by atoms with Gasteiger partial charge in [-0.05, 0) is 35.9 Å². The lowest BCUT2D eigenvalue weighted by Gasteiger charge is -2.07. The Kier molecular flexibility index (Phi) is 5.73. The number of hydrogen-bond donors (Lipinski definition) is 2. The Hall–Kier alpha value is -2.84. The second kappa shape index (κ2) is 7.97. The van der Waals surface area contributed by atoms with E-state index < -0.39 is 0 Å². The lowest BCUT2D eigenvalue weighted by molar-refractivity contribution is -0.123. The molecule has 2 N–H and O–H groups in total. The van der Waals surface area contributed by atoms with Gasteiger partial charge in [0.2, 0.25) is 11.8 Å². The van der Waals surface area contributed by atoms with Crippen LogP contribution in [0, 0.1) is 11.3 Å². The van der Waals surface area contributed by atoms with Crippen molar-refractivity contribution in [2.24, 2.45) is 0 Å². The number of nitriles is 1. The van der Waals surface area contributed by atoms with Crippen molar-refractivity contribution in [1.82, 2.24) is 5.32 Å². The van der Waals surface area contributed by atoms with Crippen LogP contribution in [0.2, 0.25) is 5.02 Å². The number of hydrogen-bond acceptors (Lipinski definition) is 3. The van der Waals surface area contributed by atoms with E-state index in [4.69, 9.17) is 16.9 Å². The summed E-state index contributed by atoms with van der Waals surface area (Å²) in [5.41, 5.74) is 1.78. The zero-order valence-electron chi connectivity index (χ0n) is 12.2. The molecule has 23 heavy (non-hydrogen) atoms. The third-order valence-electron chi connectivity index (χ3n) is 3.00. The maximum absolute atomic E-state index is 11.8. The van der Waals surface area contributed by atoms with Crippen LogP contribution in [-0.4, -0.2) is 18.4 Å². The second-order valence-electron chi connectivity index (χ2n) is 4.82. The molecule has 0 heterocycles. The van der Waals surface area contributed by atoms with E-state index in [0.717, 1.165) is 5.56 Å². The van der Waals surface area contributed by atoms with E-state index >= 15 is 0 Å². The molecule has 2 aromatic carbocycles. The Morgan fingerprint density at radius 1 is 1.09 bits per heavy atom. The molecular weight excluding hydrogens is 314 g/mol. The molecule has 6 heteroatoms. The molecular formula is C17H14ClN3O2. The highest BCUT2D eigenvalue weighted by Gasteiger charge is 2.07. The first-order valence-corrected chi connectivity index (χ1v) is 7.26. The van der Waals surface area contributed by atoms with Gasteiger partial charge in [-0.2, -0.15) is 5.26 Å². The van der Waals surface area contributed by atoms with E-state index in [1.165, 1.54) is 0 Å². The molecule has 116 valence electrons. The van der Waals surface area contributed by atoms with E-state index in [9.17, 15) is 9.59 Å². The summed E-state index contributed by atoms with van der Waals surface area (Å²) < 4.78 is 0. The van der Waals surface area contributed by atoms with Crippen molar-refractivity contribution in [2.45, 2.75) is 6.42 Å². The van der Waals surface area contributed by atoms with Crippen LogP contribution in [0.4, 0.5) is 5.69 Å². The first-order valence-electron chi connectivity index (χ1n) is 6.88. The summed E-state index contributed by atoms with van der Waals surface area (Å²) in [6, 6.07) is 15.5. The third kappa shape index (κ3) is 5.46. The number of amides is 2. The predicted molar refractivity (Wildman–Crippen MR) is 88.0 cm³/mol. The number of carbonyl (C=O) groups excluding carboxylic acids is 2. The minimum absolute atomic E-state index is 0.136. The summed E-state index contributed by atoms with van der Waals surface area (Å²) in [6.07, 6.45) is 0.175. The van der Waals surface area contributed by atoms with Crippen LogP contribution in [0.5, 0.6) is 0 Å². The van der Waals surface area contributed by atoms with Gasteiger partial charge in [0.05, 0.1) is 24.6 Å². The van der Waals surface area contributed by atoms with E-state index in [1.54, 1.807) is 48.5 Å². The van der Waals surface area contributed by atoms with Crippen molar-refractivity contribution in [1.29, 1.82) is 5.26 Å². The lowest BCUT2D eigenvalue weighted by Crippen LogP contribution is -2.33. The van der Waals surface area contributed by atoms with E-state index in [2.05, 4.69) is 10.6 Å². The maximum atomic E-state index is 11.8. The summed E-state index contributed by atoms with van der Waals surface area (Å²) >= 11 is 5.78. The van der Waals surface area contributed by atoms with E-state index in [0.29, 0.717) is 16.3 Å². The van der Waals surface area contributed by atoms with Gasteiger partial charge in [-0.1, -0.05) is 29.8 Å². The van der Waals surface area contributed by atoms with Crippen molar-refractivity contribution in [3.63, 3.8) is 0 Å². The third-order valence-corrected chi connectivity index (χ3v) is 3.25. The minimum atomic E-state index is -0.357. The first kappa shape index (κ1) is 16.5. The monoisotopic (exact) mass is 327 g/mol. The van der Waals surface area contributed by atoms with Crippen LogP contribution in [0.1, 0.15) is 11.1 Å². The molecule has 0 saturated heterocycles. The molecule has 2 rings (SSSR count). The van der Waals surface area contributed by atoms with Gasteiger partial charge in [0.1, 0.15) is 0 Å². The Labute approximate surface area is 138 Å². The molecule has 0 bridgehead atoms. The van der Waals surface area contributed by atoms with Crippen LogP contribution in [0.25, 0.3) is 0 Å². The zero-order valence-corrected chi connectivity index (χ0v) is 12.9. The molecule has 0 aliphatic rings. The molecule has 0 saturated carbocycles. The van der Waals surface area contributed by atoms with Gasteiger partial charge in [0.15, 0.2) is 0 Å². The highest BCUT2D eigenvalue weighted by atomic mass is 35.5. The number of rotatable bonds is 5. The molecule has 0 unspecified atom stereocenters. The molecule has 0 fully saturated rings. The quantitative estimate of drug-likeness (QED) is 0.885. The van der Waals surface area contributed by atoms with Gasteiger partial charge in [-0.15, -0.1) is 0 Å². The number of nitrogens with zero attached hydrogens (tertiary/aromatic N) is 1. The van der Waals surface area contributed by atoms with Gasteiger partial charge in [-0.25, -0.2) is 0 Å². The van der Waals surface area contributed by atoms with Crippen LogP contribution >= 0.6 is 11.6 Å². The fourth-order valence-electron chi connectivity index (χ4n) is 1.90. The second-order valence-corrected chi connectivity index (χ2v) is 5.26. The average molecular weight is 328 g/mol. The summed E-state index contributed by atoms with van der Waals surface area (Å²) in [4.78, 5) is 23.6. The van der Waals surface area contributed by atoms with Crippen LogP contribution < -0.4 is 10.6 Å². The molecule has 5 nitrogen and oxygen atoms in total. The van der Waals surface area contributed by atoms with Gasteiger partial charge < -0.3 is 10.6 Å². The Bertz CT molecular complexity index is 751. The van der Waals surface area contributed by atoms with Crippen LogP contribution in [0.3, 0.4) is 0 Å². The van der Waals surface area contributed by atoms with Gasteiger partial charge >= 0.3 is 0 Å². The highest BCUT2D eigenvalue weighted by molar-refractivity contribution is 6.30. The summed E-state index contributed by atoms with van der Waals surface area (Å²) in [5.74, 6) is -0.613. The number of halogens is 1. The van der Waals surface area contributed by atoms with Crippen LogP contribution in [-0.2, 0) is 16.0 Å². The summed E-state index contributed by atoms with van der Waals surface area (Å²) in [5, 5.41) is 14.6. The van der Waals surface area contributed by atoms with E-state index in [-0.39, 0.29) is 24.8 Å². The van der Waals surface area contributed by atoms with Gasteiger partial charge in [0, 0.05) is 10.7 Å². The number of benzene rings is 2. The Balaban J connectivity index is 1.80. The number of anilines is 1. The molecule has 0 spiro atoms. The van der Waals surface area contributed by atoms with Gasteiger partial charge in [-0.3, -0.25) is 9.59 Å². The Morgan fingerprint density at radius 2 is 1.83 bits per heavy atom. The fraction of sp³-hybridized carbons (Fsp3) is 0.118. The number of nitrogens with one attached hydrogen (secondary N) is 2. The topological polar surface area (TPSA) is 82.0 Å². The van der Waals surface area contributed by atoms with Crippen molar-refractivity contribution in [3.8, 4) is 6.07 Å². The number of carbonyl (C=O) groups is 2. The molecule has 0 aliphatic heterocycles. The van der Waals surface area contributed by atoms with E-state index in [1.807, 2.05) is 6.07 Å². The van der Waals surface area contributed by atoms with Crippen molar-refractivity contribution >= 4 is 29.1 Å². The molecule has 2 aromatic rings. The van der Waals surface area contributed by atoms with Gasteiger partial charge in [0.25, 0.3) is 0 Å². The summed E-state index contributed by atoms with van der Waals surface area (Å²) in [7, 11) is 0. The normalized spacial score (nSPS) is 9.74. The average Bonchev–Trinajstić information content (AvgIpc) is 2.55. The fourth-order valence-corrected chi connectivity index (χ4v) is 2.03. The Morgan fingerprint density at radius 3 is 2.52 bits per heavy atom. The SMILES string of the molecule is N#Cc1cccc(NC(=O)CNC(=O)Cc2ccc(Cl)cc2)c1. The molecule has 0 aromatic heterocycles. The molecule has 0 aliphatic carbocycles. The summed E-state index contributed by atoms with van der Waals surface area (Å²) in [6.45, 7) is -0.136.